The van der Waals surface area contributed by atoms with Crippen molar-refractivity contribution in [3.8, 4) is 0 Å². The van der Waals surface area contributed by atoms with Crippen molar-refractivity contribution in [2.45, 2.75) is 111 Å². The van der Waals surface area contributed by atoms with Crippen molar-refractivity contribution in [1.82, 2.24) is 9.55 Å². The first kappa shape index (κ1) is 19.3. The third-order valence-electron chi connectivity index (χ3n) is 4.87. The molecule has 1 unspecified atom stereocenters. The van der Waals surface area contributed by atoms with Crippen LogP contribution < -0.4 is 0 Å². The van der Waals surface area contributed by atoms with Gasteiger partial charge in [-0.25, -0.2) is 4.98 Å². The molecule has 1 atom stereocenters. The second-order valence-corrected chi connectivity index (χ2v) is 7.56. The summed E-state index contributed by atoms with van der Waals surface area (Å²) in [5.74, 6) is 0.616. The SMILES string of the molecule is CCCCCC(C)(C)c1ncn(CCCC)c1C(C)CCC. The van der Waals surface area contributed by atoms with E-state index in [0.29, 0.717) is 5.92 Å². The highest BCUT2D eigenvalue weighted by molar-refractivity contribution is 5.25. The maximum atomic E-state index is 4.89. The van der Waals surface area contributed by atoms with E-state index in [2.05, 4.69) is 52.4 Å². The Bertz CT molecular complexity index is 417. The quantitative estimate of drug-likeness (QED) is 0.430. The van der Waals surface area contributed by atoms with Gasteiger partial charge < -0.3 is 4.57 Å². The highest BCUT2D eigenvalue weighted by atomic mass is 15.1. The summed E-state index contributed by atoms with van der Waals surface area (Å²) in [7, 11) is 0. The van der Waals surface area contributed by atoms with Gasteiger partial charge in [-0.1, -0.05) is 73.6 Å². The highest BCUT2D eigenvalue weighted by Gasteiger charge is 2.29. The summed E-state index contributed by atoms with van der Waals surface area (Å²) in [6.07, 6.45) is 12.3. The third kappa shape index (κ3) is 5.14. The van der Waals surface area contributed by atoms with Crippen molar-refractivity contribution in [2.75, 3.05) is 0 Å². The zero-order valence-electron chi connectivity index (χ0n) is 15.9. The van der Waals surface area contributed by atoms with Gasteiger partial charge in [-0.3, -0.25) is 0 Å². The first-order chi connectivity index (χ1) is 10.5. The molecule has 1 aromatic rings. The number of aryl methyl sites for hydroxylation is 1. The molecule has 2 nitrogen and oxygen atoms in total. The van der Waals surface area contributed by atoms with Crippen LogP contribution >= 0.6 is 0 Å². The van der Waals surface area contributed by atoms with Crippen molar-refractivity contribution in [3.05, 3.63) is 17.7 Å². The van der Waals surface area contributed by atoms with Gasteiger partial charge in [0.25, 0.3) is 0 Å². The van der Waals surface area contributed by atoms with Crippen LogP contribution in [0.2, 0.25) is 0 Å². The molecule has 0 fully saturated rings. The number of hydrogen-bond donors (Lipinski definition) is 0. The minimum Gasteiger partial charge on any atom is -0.334 e. The van der Waals surface area contributed by atoms with E-state index in [4.69, 9.17) is 4.98 Å². The number of hydrogen-bond acceptors (Lipinski definition) is 1. The minimum absolute atomic E-state index is 0.198. The second-order valence-electron chi connectivity index (χ2n) is 7.56. The van der Waals surface area contributed by atoms with Crippen molar-refractivity contribution < 1.29 is 0 Å². The molecular weight excluding hydrogens is 268 g/mol. The Balaban J connectivity index is 3.03. The summed E-state index contributed by atoms with van der Waals surface area (Å²) in [5.41, 5.74) is 3.07. The fourth-order valence-electron chi connectivity index (χ4n) is 3.44. The molecule has 1 rings (SSSR count). The van der Waals surface area contributed by atoms with Crippen molar-refractivity contribution in [2.24, 2.45) is 0 Å². The molecule has 2 heteroatoms. The average Bonchev–Trinajstić information content (AvgIpc) is 2.90. The van der Waals surface area contributed by atoms with Gasteiger partial charge in [0.15, 0.2) is 0 Å². The number of nitrogens with zero attached hydrogens (tertiary/aromatic N) is 2. The Morgan fingerprint density at radius 2 is 1.73 bits per heavy atom. The topological polar surface area (TPSA) is 17.8 Å². The van der Waals surface area contributed by atoms with E-state index in [9.17, 15) is 0 Å². The summed E-state index contributed by atoms with van der Waals surface area (Å²) in [6, 6.07) is 0. The van der Waals surface area contributed by atoms with Gasteiger partial charge >= 0.3 is 0 Å². The smallest absolute Gasteiger partial charge is 0.0951 e. The summed E-state index contributed by atoms with van der Waals surface area (Å²) in [5, 5.41) is 0. The van der Waals surface area contributed by atoms with Gasteiger partial charge in [0.2, 0.25) is 0 Å². The van der Waals surface area contributed by atoms with Crippen LogP contribution in [-0.4, -0.2) is 9.55 Å². The van der Waals surface area contributed by atoms with Gasteiger partial charge in [0, 0.05) is 17.7 Å². The van der Waals surface area contributed by atoms with E-state index >= 15 is 0 Å². The van der Waals surface area contributed by atoms with E-state index in [0.717, 1.165) is 6.54 Å². The van der Waals surface area contributed by atoms with Gasteiger partial charge in [-0.15, -0.1) is 0 Å². The largest absolute Gasteiger partial charge is 0.334 e. The monoisotopic (exact) mass is 306 g/mol. The van der Waals surface area contributed by atoms with Crippen molar-refractivity contribution >= 4 is 0 Å². The van der Waals surface area contributed by atoms with Crippen LogP contribution in [0.15, 0.2) is 6.33 Å². The molecule has 0 aliphatic heterocycles. The van der Waals surface area contributed by atoms with Gasteiger partial charge in [-0.2, -0.15) is 0 Å². The Labute approximate surface area is 138 Å². The molecule has 0 spiro atoms. The fraction of sp³-hybridized carbons (Fsp3) is 0.850. The molecule has 0 aliphatic carbocycles. The molecule has 0 amide bonds. The minimum atomic E-state index is 0.198. The maximum absolute atomic E-state index is 4.89. The molecule has 1 heterocycles. The lowest BCUT2D eigenvalue weighted by Gasteiger charge is -2.27. The predicted molar refractivity (Wildman–Crippen MR) is 97.6 cm³/mol. The van der Waals surface area contributed by atoms with Crippen LogP contribution in [0, 0.1) is 0 Å². The summed E-state index contributed by atoms with van der Waals surface area (Å²) >= 11 is 0. The Morgan fingerprint density at radius 1 is 1.05 bits per heavy atom. The first-order valence-electron chi connectivity index (χ1n) is 9.53. The summed E-state index contributed by atoms with van der Waals surface area (Å²) < 4.78 is 2.45. The Morgan fingerprint density at radius 3 is 2.32 bits per heavy atom. The zero-order chi connectivity index (χ0) is 16.6. The Kier molecular flexibility index (Phi) is 8.20. The van der Waals surface area contributed by atoms with E-state index in [-0.39, 0.29) is 5.41 Å². The second kappa shape index (κ2) is 9.37. The van der Waals surface area contributed by atoms with Gasteiger partial charge in [0.1, 0.15) is 0 Å². The Hall–Kier alpha value is -0.790. The van der Waals surface area contributed by atoms with Crippen molar-refractivity contribution in [1.29, 1.82) is 0 Å². The van der Waals surface area contributed by atoms with E-state index < -0.39 is 0 Å². The van der Waals surface area contributed by atoms with Crippen LogP contribution in [0.5, 0.6) is 0 Å². The molecule has 0 saturated heterocycles. The van der Waals surface area contributed by atoms with Gasteiger partial charge in [-0.05, 0) is 25.2 Å². The molecule has 0 radical (unpaired) electrons. The average molecular weight is 307 g/mol. The molecule has 22 heavy (non-hydrogen) atoms. The molecule has 0 aliphatic rings. The number of imidazole rings is 1. The fourth-order valence-corrected chi connectivity index (χ4v) is 3.44. The van der Waals surface area contributed by atoms with Crippen molar-refractivity contribution in [3.63, 3.8) is 0 Å². The van der Waals surface area contributed by atoms with E-state index in [1.165, 1.54) is 62.8 Å². The highest BCUT2D eigenvalue weighted by Crippen LogP contribution is 2.35. The lowest BCUT2D eigenvalue weighted by Crippen LogP contribution is -2.21. The first-order valence-corrected chi connectivity index (χ1v) is 9.53. The van der Waals surface area contributed by atoms with Crippen LogP contribution in [0.1, 0.15) is 110 Å². The molecule has 128 valence electrons. The molecule has 0 aromatic carbocycles. The molecule has 0 N–H and O–H groups in total. The summed E-state index contributed by atoms with van der Waals surface area (Å²) in [6.45, 7) is 15.1. The maximum Gasteiger partial charge on any atom is 0.0951 e. The van der Waals surface area contributed by atoms with Crippen LogP contribution in [0.4, 0.5) is 0 Å². The standard InChI is InChI=1S/C20H38N2/c1-7-10-12-14-20(5,6)19-18(17(4)13-9-3)22(16-21-19)15-11-8-2/h16-17H,7-15H2,1-6H3. The molecule has 1 aromatic heterocycles. The van der Waals surface area contributed by atoms with Crippen LogP contribution in [0.3, 0.4) is 0 Å². The molecular formula is C20H38N2. The number of rotatable bonds is 11. The molecule has 0 saturated carbocycles. The predicted octanol–water partition coefficient (Wildman–Crippen LogP) is 6.44. The summed E-state index contributed by atoms with van der Waals surface area (Å²) in [4.78, 5) is 4.89. The van der Waals surface area contributed by atoms with E-state index in [1.807, 2.05) is 0 Å². The number of unbranched alkanes of at least 4 members (excludes halogenated alkanes) is 3. The lowest BCUT2D eigenvalue weighted by atomic mass is 9.80. The third-order valence-corrected chi connectivity index (χ3v) is 4.87. The van der Waals surface area contributed by atoms with Crippen LogP contribution in [-0.2, 0) is 12.0 Å². The lowest BCUT2D eigenvalue weighted by molar-refractivity contribution is 0.429. The normalized spacial score (nSPS) is 13.5. The van der Waals surface area contributed by atoms with E-state index in [1.54, 1.807) is 0 Å². The van der Waals surface area contributed by atoms with Gasteiger partial charge in [0.05, 0.1) is 12.0 Å². The zero-order valence-corrected chi connectivity index (χ0v) is 15.9. The van der Waals surface area contributed by atoms with Crippen LogP contribution in [0.25, 0.3) is 0 Å². The number of aromatic nitrogens is 2. The molecule has 0 bridgehead atoms.